The zero-order chi connectivity index (χ0) is 23.6. The summed E-state index contributed by atoms with van der Waals surface area (Å²) in [6.45, 7) is 8.73. The van der Waals surface area contributed by atoms with Gasteiger partial charge in [-0.15, -0.1) is 16.4 Å². The third-order valence-corrected chi connectivity index (χ3v) is 6.39. The van der Waals surface area contributed by atoms with Gasteiger partial charge in [-0.3, -0.25) is 4.79 Å². The molecule has 10 heteroatoms. The second kappa shape index (κ2) is 9.07. The number of carbonyl (C=O) groups excluding carboxylic acids is 1. The van der Waals surface area contributed by atoms with Crippen molar-refractivity contribution >= 4 is 28.9 Å². The topological polar surface area (TPSA) is 111 Å². The van der Waals surface area contributed by atoms with E-state index in [4.69, 9.17) is 0 Å². The van der Waals surface area contributed by atoms with Crippen molar-refractivity contribution in [1.29, 1.82) is 0 Å². The Bertz CT molecular complexity index is 1290. The predicted octanol–water partition coefficient (Wildman–Crippen LogP) is 4.01. The average Bonchev–Trinajstić information content (AvgIpc) is 3.42. The lowest BCUT2D eigenvalue weighted by atomic mass is 9.98. The van der Waals surface area contributed by atoms with Crippen molar-refractivity contribution in [2.45, 2.75) is 39.7 Å². The number of aromatic nitrogens is 6. The highest BCUT2D eigenvalue weighted by atomic mass is 32.1. The van der Waals surface area contributed by atoms with Gasteiger partial charge >= 0.3 is 0 Å². The van der Waals surface area contributed by atoms with Gasteiger partial charge in [0.15, 0.2) is 5.82 Å². The summed E-state index contributed by atoms with van der Waals surface area (Å²) in [5.41, 5.74) is 3.79. The van der Waals surface area contributed by atoms with Gasteiger partial charge in [0.2, 0.25) is 0 Å². The van der Waals surface area contributed by atoms with Crippen molar-refractivity contribution in [3.05, 3.63) is 64.0 Å². The number of aryl methyl sites for hydroxylation is 2. The normalized spacial score (nSPS) is 11.4. The average molecular weight is 463 g/mol. The van der Waals surface area contributed by atoms with E-state index in [1.807, 2.05) is 25.1 Å². The van der Waals surface area contributed by atoms with Crippen LogP contribution in [0, 0.1) is 6.92 Å². The van der Waals surface area contributed by atoms with E-state index < -0.39 is 0 Å². The molecule has 0 aliphatic rings. The maximum atomic E-state index is 12.6. The molecule has 0 fully saturated rings. The smallest absolute Gasteiger partial charge is 0.263 e. The zero-order valence-corrected chi connectivity index (χ0v) is 20.1. The summed E-state index contributed by atoms with van der Waals surface area (Å²) in [4.78, 5) is 27.7. The Morgan fingerprint density at radius 2 is 1.91 bits per heavy atom. The zero-order valence-electron chi connectivity index (χ0n) is 19.2. The van der Waals surface area contributed by atoms with Crippen LogP contribution in [0.2, 0.25) is 0 Å². The minimum atomic E-state index is -0.109. The molecule has 0 bridgehead atoms. The van der Waals surface area contributed by atoms with E-state index >= 15 is 0 Å². The van der Waals surface area contributed by atoms with Crippen molar-refractivity contribution in [3.8, 4) is 11.3 Å². The fourth-order valence-electron chi connectivity index (χ4n) is 3.16. The molecule has 4 aromatic rings. The summed E-state index contributed by atoms with van der Waals surface area (Å²) in [5.74, 6) is 1.13. The molecule has 1 amide bonds. The molecule has 0 unspecified atom stereocenters. The first-order chi connectivity index (χ1) is 15.7. The lowest BCUT2D eigenvalue weighted by molar-refractivity contribution is 0.0954. The van der Waals surface area contributed by atoms with Crippen molar-refractivity contribution in [1.82, 2.24) is 35.3 Å². The SMILES string of the molecule is Cc1cc(-c2cc(Nc3cnn(C)n3)ncn2)ccc1CNC(=O)c1cnc(C(C)(C)C)s1. The number of nitrogens with zero attached hydrogens (tertiary/aromatic N) is 6. The van der Waals surface area contributed by atoms with Crippen molar-refractivity contribution < 1.29 is 4.79 Å². The molecule has 1 aromatic carbocycles. The predicted molar refractivity (Wildman–Crippen MR) is 128 cm³/mol. The Morgan fingerprint density at radius 1 is 1.09 bits per heavy atom. The number of hydrogen-bond donors (Lipinski definition) is 2. The summed E-state index contributed by atoms with van der Waals surface area (Å²) in [7, 11) is 1.75. The Morgan fingerprint density at radius 3 is 2.58 bits per heavy atom. The van der Waals surface area contributed by atoms with Crippen LogP contribution < -0.4 is 10.6 Å². The fourth-order valence-corrected chi connectivity index (χ4v) is 4.05. The van der Waals surface area contributed by atoms with Gasteiger partial charge in [0.25, 0.3) is 5.91 Å². The number of rotatable bonds is 6. The first-order valence-electron chi connectivity index (χ1n) is 10.5. The van der Waals surface area contributed by atoms with Gasteiger partial charge in [0, 0.05) is 30.6 Å². The molecule has 0 spiro atoms. The molecule has 0 aliphatic carbocycles. The molecule has 3 heterocycles. The van der Waals surface area contributed by atoms with Crippen molar-refractivity contribution in [2.24, 2.45) is 7.05 Å². The number of thiazole rings is 1. The molecular weight excluding hydrogens is 436 g/mol. The molecule has 9 nitrogen and oxygen atoms in total. The van der Waals surface area contributed by atoms with Gasteiger partial charge < -0.3 is 10.6 Å². The van der Waals surface area contributed by atoms with E-state index in [1.54, 1.807) is 19.4 Å². The number of amides is 1. The minimum absolute atomic E-state index is 0.0690. The van der Waals surface area contributed by atoms with Gasteiger partial charge in [-0.1, -0.05) is 32.9 Å². The summed E-state index contributed by atoms with van der Waals surface area (Å²) in [5, 5.41) is 15.3. The van der Waals surface area contributed by atoms with Gasteiger partial charge in [-0.05, 0) is 24.1 Å². The van der Waals surface area contributed by atoms with Crippen LogP contribution in [0.5, 0.6) is 0 Å². The second-order valence-electron chi connectivity index (χ2n) is 8.74. The molecule has 0 radical (unpaired) electrons. The highest BCUT2D eigenvalue weighted by Crippen LogP contribution is 2.27. The monoisotopic (exact) mass is 462 g/mol. The van der Waals surface area contributed by atoms with Gasteiger partial charge in [0.05, 0.1) is 23.1 Å². The van der Waals surface area contributed by atoms with Crippen LogP contribution in [0.15, 0.2) is 43.0 Å². The maximum absolute atomic E-state index is 12.6. The molecule has 2 N–H and O–H groups in total. The lowest BCUT2D eigenvalue weighted by Gasteiger charge is -2.13. The lowest BCUT2D eigenvalue weighted by Crippen LogP contribution is -2.22. The van der Waals surface area contributed by atoms with Gasteiger partial charge in [-0.2, -0.15) is 9.90 Å². The van der Waals surface area contributed by atoms with E-state index in [-0.39, 0.29) is 11.3 Å². The molecule has 3 aromatic heterocycles. The summed E-state index contributed by atoms with van der Waals surface area (Å²) >= 11 is 1.44. The number of benzene rings is 1. The molecule has 33 heavy (non-hydrogen) atoms. The van der Waals surface area contributed by atoms with Crippen LogP contribution in [0.3, 0.4) is 0 Å². The molecule has 0 saturated carbocycles. The molecular formula is C23H26N8OS. The van der Waals surface area contributed by atoms with Crippen molar-refractivity contribution in [3.63, 3.8) is 0 Å². The number of carbonyl (C=O) groups is 1. The van der Waals surface area contributed by atoms with Crippen LogP contribution in [0.1, 0.15) is 46.6 Å². The molecule has 0 saturated heterocycles. The second-order valence-corrected chi connectivity index (χ2v) is 9.77. The van der Waals surface area contributed by atoms with E-state index in [0.717, 1.165) is 27.4 Å². The fraction of sp³-hybridized carbons (Fsp3) is 0.304. The van der Waals surface area contributed by atoms with Crippen LogP contribution in [0.4, 0.5) is 11.6 Å². The van der Waals surface area contributed by atoms with E-state index in [2.05, 4.69) is 62.6 Å². The third kappa shape index (κ3) is 5.40. The van der Waals surface area contributed by atoms with Gasteiger partial charge in [-0.25, -0.2) is 15.0 Å². The molecule has 4 rings (SSSR count). The van der Waals surface area contributed by atoms with Crippen LogP contribution >= 0.6 is 11.3 Å². The van der Waals surface area contributed by atoms with E-state index in [0.29, 0.717) is 23.1 Å². The van der Waals surface area contributed by atoms with E-state index in [9.17, 15) is 4.79 Å². The van der Waals surface area contributed by atoms with Crippen molar-refractivity contribution in [2.75, 3.05) is 5.32 Å². The Kier molecular flexibility index (Phi) is 6.19. The highest BCUT2D eigenvalue weighted by Gasteiger charge is 2.20. The van der Waals surface area contributed by atoms with Crippen LogP contribution in [-0.2, 0) is 19.0 Å². The van der Waals surface area contributed by atoms with E-state index in [1.165, 1.54) is 22.5 Å². The Hall–Kier alpha value is -3.66. The summed E-state index contributed by atoms with van der Waals surface area (Å²) < 4.78 is 0. The third-order valence-electron chi connectivity index (χ3n) is 4.97. The number of hydrogen-bond acceptors (Lipinski definition) is 8. The van der Waals surface area contributed by atoms with Crippen LogP contribution in [-0.4, -0.2) is 35.9 Å². The molecule has 0 atom stereocenters. The Balaban J connectivity index is 1.43. The molecule has 170 valence electrons. The van der Waals surface area contributed by atoms with Gasteiger partial charge in [0.1, 0.15) is 17.0 Å². The first-order valence-corrected chi connectivity index (χ1v) is 11.3. The quantitative estimate of drug-likeness (QED) is 0.445. The maximum Gasteiger partial charge on any atom is 0.263 e. The minimum Gasteiger partial charge on any atom is -0.347 e. The largest absolute Gasteiger partial charge is 0.347 e. The summed E-state index contributed by atoms with van der Waals surface area (Å²) in [6, 6.07) is 7.92. The molecule has 0 aliphatic heterocycles. The van der Waals surface area contributed by atoms with Crippen LogP contribution in [0.25, 0.3) is 11.3 Å². The standard InChI is InChI=1S/C23H26N8OS/c1-14-8-15(17-9-19(27-13-26-17)29-20-12-28-31(5)30-20)6-7-16(14)10-24-21(32)18-11-25-22(33-18)23(2,3)4/h6-9,11-13H,10H2,1-5H3,(H,24,32)(H,26,27,29,30). The first kappa shape index (κ1) is 22.5. The highest BCUT2D eigenvalue weighted by molar-refractivity contribution is 7.13. The number of anilines is 2. The Labute approximate surface area is 196 Å². The summed E-state index contributed by atoms with van der Waals surface area (Å²) in [6.07, 6.45) is 4.79. The number of nitrogens with one attached hydrogen (secondary N) is 2.